The van der Waals surface area contributed by atoms with E-state index in [1.807, 2.05) is 30.5 Å². The lowest BCUT2D eigenvalue weighted by Gasteiger charge is -2.31. The number of thiazole rings is 1. The van der Waals surface area contributed by atoms with Crippen molar-refractivity contribution >= 4 is 28.9 Å². The Hall–Kier alpha value is -2.21. The number of aryl methyl sites for hydroxylation is 1. The standard InChI is InChI=1S/C16H16N2O3S/c1-9-17-14(8-22-9)10-3-2-4-11(7-10)18-15(19)12-5-6-13(12)16(20)21/h2-4,7-8,12-13H,5-6H2,1H3,(H,18,19)(H,20,21). The number of aliphatic carboxylic acids is 1. The molecule has 1 fully saturated rings. The molecule has 1 aromatic carbocycles. The topological polar surface area (TPSA) is 79.3 Å². The Morgan fingerprint density at radius 1 is 1.32 bits per heavy atom. The van der Waals surface area contributed by atoms with Gasteiger partial charge in [-0.15, -0.1) is 11.3 Å². The van der Waals surface area contributed by atoms with E-state index in [2.05, 4.69) is 10.3 Å². The Balaban J connectivity index is 1.73. The molecule has 5 nitrogen and oxygen atoms in total. The number of nitrogens with zero attached hydrogens (tertiary/aromatic N) is 1. The molecule has 1 aliphatic rings. The van der Waals surface area contributed by atoms with E-state index in [9.17, 15) is 9.59 Å². The number of nitrogens with one attached hydrogen (secondary N) is 1. The van der Waals surface area contributed by atoms with Crippen LogP contribution in [0, 0.1) is 18.8 Å². The zero-order valence-electron chi connectivity index (χ0n) is 12.1. The van der Waals surface area contributed by atoms with Gasteiger partial charge in [0.25, 0.3) is 0 Å². The van der Waals surface area contributed by atoms with Crippen molar-refractivity contribution in [3.05, 3.63) is 34.7 Å². The number of benzene rings is 1. The van der Waals surface area contributed by atoms with Crippen molar-refractivity contribution in [1.82, 2.24) is 4.98 Å². The van der Waals surface area contributed by atoms with Crippen molar-refractivity contribution in [2.75, 3.05) is 5.32 Å². The van der Waals surface area contributed by atoms with Crippen molar-refractivity contribution in [3.8, 4) is 11.3 Å². The first-order chi connectivity index (χ1) is 10.5. The van der Waals surface area contributed by atoms with Gasteiger partial charge in [0.15, 0.2) is 0 Å². The van der Waals surface area contributed by atoms with Crippen LogP contribution >= 0.6 is 11.3 Å². The third kappa shape index (κ3) is 2.87. The maximum Gasteiger partial charge on any atom is 0.307 e. The van der Waals surface area contributed by atoms with Crippen LogP contribution in [0.2, 0.25) is 0 Å². The molecule has 0 radical (unpaired) electrons. The molecule has 6 heteroatoms. The van der Waals surface area contributed by atoms with Crippen LogP contribution in [-0.4, -0.2) is 22.0 Å². The number of anilines is 1. The van der Waals surface area contributed by atoms with Crippen LogP contribution in [0.1, 0.15) is 17.8 Å². The Morgan fingerprint density at radius 3 is 2.68 bits per heavy atom. The minimum atomic E-state index is -0.891. The summed E-state index contributed by atoms with van der Waals surface area (Å²) in [6, 6.07) is 7.46. The number of hydrogen-bond donors (Lipinski definition) is 2. The van der Waals surface area contributed by atoms with E-state index in [1.54, 1.807) is 17.4 Å². The van der Waals surface area contributed by atoms with Crippen LogP contribution < -0.4 is 5.32 Å². The molecule has 2 aromatic rings. The molecule has 0 spiro atoms. The fourth-order valence-electron chi connectivity index (χ4n) is 2.60. The zero-order valence-corrected chi connectivity index (χ0v) is 12.9. The van der Waals surface area contributed by atoms with E-state index in [4.69, 9.17) is 5.11 Å². The van der Waals surface area contributed by atoms with Crippen molar-refractivity contribution in [2.45, 2.75) is 19.8 Å². The number of hydrogen-bond acceptors (Lipinski definition) is 4. The smallest absolute Gasteiger partial charge is 0.307 e. The highest BCUT2D eigenvalue weighted by molar-refractivity contribution is 7.09. The highest BCUT2D eigenvalue weighted by Gasteiger charge is 2.41. The lowest BCUT2D eigenvalue weighted by molar-refractivity contribution is -0.151. The van der Waals surface area contributed by atoms with E-state index in [0.29, 0.717) is 18.5 Å². The molecule has 1 saturated carbocycles. The molecule has 2 atom stereocenters. The highest BCUT2D eigenvalue weighted by Crippen LogP contribution is 2.35. The summed E-state index contributed by atoms with van der Waals surface area (Å²) in [7, 11) is 0. The second kappa shape index (κ2) is 5.88. The maximum absolute atomic E-state index is 12.2. The third-order valence-corrected chi connectivity index (χ3v) is 4.75. The normalized spacial score (nSPS) is 20.2. The van der Waals surface area contributed by atoms with Gasteiger partial charge in [0.1, 0.15) is 0 Å². The molecule has 3 rings (SSSR count). The second-order valence-corrected chi connectivity index (χ2v) is 6.51. The summed E-state index contributed by atoms with van der Waals surface area (Å²) < 4.78 is 0. The molecule has 2 N–H and O–H groups in total. The van der Waals surface area contributed by atoms with Gasteiger partial charge in [0.05, 0.1) is 22.5 Å². The van der Waals surface area contributed by atoms with Gasteiger partial charge < -0.3 is 10.4 Å². The lowest BCUT2D eigenvalue weighted by Crippen LogP contribution is -2.41. The summed E-state index contributed by atoms with van der Waals surface area (Å²) in [6.07, 6.45) is 1.21. The van der Waals surface area contributed by atoms with Gasteiger partial charge in [-0.25, -0.2) is 4.98 Å². The van der Waals surface area contributed by atoms with E-state index >= 15 is 0 Å². The van der Waals surface area contributed by atoms with Crippen LogP contribution in [0.4, 0.5) is 5.69 Å². The number of carboxylic acid groups (broad SMARTS) is 1. The van der Waals surface area contributed by atoms with Crippen LogP contribution in [0.25, 0.3) is 11.3 Å². The van der Waals surface area contributed by atoms with Crippen LogP contribution in [0.5, 0.6) is 0 Å². The fourth-order valence-corrected chi connectivity index (χ4v) is 3.22. The summed E-state index contributed by atoms with van der Waals surface area (Å²) in [5, 5.41) is 14.8. The Morgan fingerprint density at radius 2 is 2.09 bits per heavy atom. The Labute approximate surface area is 132 Å². The number of aromatic nitrogens is 1. The summed E-state index contributed by atoms with van der Waals surface area (Å²) in [6.45, 7) is 1.95. The monoisotopic (exact) mass is 316 g/mol. The number of carboxylic acids is 1. The first-order valence-electron chi connectivity index (χ1n) is 7.11. The summed E-state index contributed by atoms with van der Waals surface area (Å²) in [4.78, 5) is 27.6. The van der Waals surface area contributed by atoms with Gasteiger partial charge in [-0.1, -0.05) is 12.1 Å². The lowest BCUT2D eigenvalue weighted by atomic mass is 9.73. The molecule has 0 aliphatic heterocycles. The second-order valence-electron chi connectivity index (χ2n) is 5.45. The van der Waals surface area contributed by atoms with Crippen LogP contribution in [0.3, 0.4) is 0 Å². The first kappa shape index (κ1) is 14.7. The molecule has 2 unspecified atom stereocenters. The molecular weight excluding hydrogens is 300 g/mol. The largest absolute Gasteiger partial charge is 0.481 e. The summed E-state index contributed by atoms with van der Waals surface area (Å²) in [5.74, 6) is -2.09. The van der Waals surface area contributed by atoms with Crippen LogP contribution in [0.15, 0.2) is 29.6 Å². The third-order valence-electron chi connectivity index (χ3n) is 3.97. The predicted octanol–water partition coefficient (Wildman–Crippen LogP) is 3.17. The van der Waals surface area contributed by atoms with E-state index in [1.165, 1.54) is 0 Å². The van der Waals surface area contributed by atoms with Crippen molar-refractivity contribution in [2.24, 2.45) is 11.8 Å². The molecule has 0 bridgehead atoms. The van der Waals surface area contributed by atoms with E-state index < -0.39 is 17.8 Å². The molecular formula is C16H16N2O3S. The molecule has 1 aliphatic carbocycles. The Kier molecular flexibility index (Phi) is 3.94. The van der Waals surface area contributed by atoms with Gasteiger partial charge in [0, 0.05) is 16.6 Å². The zero-order chi connectivity index (χ0) is 15.7. The quantitative estimate of drug-likeness (QED) is 0.908. The molecule has 0 saturated heterocycles. The van der Waals surface area contributed by atoms with Crippen molar-refractivity contribution in [3.63, 3.8) is 0 Å². The van der Waals surface area contributed by atoms with E-state index in [-0.39, 0.29) is 5.91 Å². The molecule has 1 aromatic heterocycles. The minimum absolute atomic E-state index is 0.217. The molecule has 1 amide bonds. The van der Waals surface area contributed by atoms with E-state index in [0.717, 1.165) is 16.3 Å². The highest BCUT2D eigenvalue weighted by atomic mass is 32.1. The van der Waals surface area contributed by atoms with Gasteiger partial charge in [-0.2, -0.15) is 0 Å². The molecule has 1 heterocycles. The Bertz CT molecular complexity index is 726. The summed E-state index contributed by atoms with van der Waals surface area (Å²) >= 11 is 1.58. The first-order valence-corrected chi connectivity index (χ1v) is 7.99. The number of carbonyl (C=O) groups excluding carboxylic acids is 1. The van der Waals surface area contributed by atoms with Crippen LogP contribution in [-0.2, 0) is 9.59 Å². The van der Waals surface area contributed by atoms with Gasteiger partial charge >= 0.3 is 5.97 Å². The van der Waals surface area contributed by atoms with Gasteiger partial charge in [0.2, 0.25) is 5.91 Å². The average Bonchev–Trinajstić information content (AvgIpc) is 2.83. The summed E-state index contributed by atoms with van der Waals surface area (Å²) in [5.41, 5.74) is 2.49. The number of carbonyl (C=O) groups is 2. The maximum atomic E-state index is 12.2. The fraction of sp³-hybridized carbons (Fsp3) is 0.312. The predicted molar refractivity (Wildman–Crippen MR) is 84.8 cm³/mol. The van der Waals surface area contributed by atoms with Crippen molar-refractivity contribution < 1.29 is 14.7 Å². The molecule has 22 heavy (non-hydrogen) atoms. The number of amides is 1. The van der Waals surface area contributed by atoms with Crippen molar-refractivity contribution in [1.29, 1.82) is 0 Å². The SMILES string of the molecule is Cc1nc(-c2cccc(NC(=O)C3CCC3C(=O)O)c2)cs1. The average molecular weight is 316 g/mol. The number of rotatable bonds is 4. The van der Waals surface area contributed by atoms with Gasteiger partial charge in [-0.3, -0.25) is 9.59 Å². The minimum Gasteiger partial charge on any atom is -0.481 e. The van der Waals surface area contributed by atoms with Gasteiger partial charge in [-0.05, 0) is 31.9 Å². The molecule has 114 valence electrons.